The topological polar surface area (TPSA) is 58.9 Å². The highest BCUT2D eigenvalue weighted by Gasteiger charge is 2.19. The Balaban J connectivity index is 1.77. The molecule has 1 fully saturated rings. The lowest BCUT2D eigenvalue weighted by atomic mass is 10.1. The molecule has 0 aliphatic carbocycles. The number of rotatable bonds is 4. The van der Waals surface area contributed by atoms with Gasteiger partial charge in [0, 0.05) is 19.1 Å². The van der Waals surface area contributed by atoms with Crippen molar-refractivity contribution in [3.8, 4) is 0 Å². The first-order valence-corrected chi connectivity index (χ1v) is 5.96. The number of likely N-dealkylation sites (tertiary alicyclic amines) is 1. The zero-order chi connectivity index (χ0) is 11.4. The van der Waals surface area contributed by atoms with Crippen molar-refractivity contribution in [3.05, 3.63) is 5.82 Å². The second-order valence-electron chi connectivity index (χ2n) is 4.30. The van der Waals surface area contributed by atoms with Gasteiger partial charge in [-0.2, -0.15) is 4.80 Å². The fourth-order valence-electron chi connectivity index (χ4n) is 2.17. The first kappa shape index (κ1) is 11.5. The van der Waals surface area contributed by atoms with E-state index in [1.165, 1.54) is 17.6 Å². The van der Waals surface area contributed by atoms with Crippen LogP contribution in [0.3, 0.4) is 0 Å². The van der Waals surface area contributed by atoms with E-state index in [9.17, 15) is 0 Å². The van der Waals surface area contributed by atoms with Gasteiger partial charge in [0.2, 0.25) is 0 Å². The summed E-state index contributed by atoms with van der Waals surface area (Å²) in [6.07, 6.45) is 2.43. The highest BCUT2D eigenvalue weighted by Crippen LogP contribution is 2.11. The number of aryl methyl sites for hydroxylation is 1. The van der Waals surface area contributed by atoms with E-state index in [4.69, 9.17) is 0 Å². The number of aromatic nitrogens is 4. The van der Waals surface area contributed by atoms with Crippen LogP contribution in [0.1, 0.15) is 25.6 Å². The van der Waals surface area contributed by atoms with Crippen LogP contribution in [0.4, 0.5) is 0 Å². The lowest BCUT2D eigenvalue weighted by Crippen LogP contribution is -2.42. The van der Waals surface area contributed by atoms with Crippen LogP contribution in [0, 0.1) is 0 Å². The summed E-state index contributed by atoms with van der Waals surface area (Å²) < 4.78 is 0. The predicted molar refractivity (Wildman–Crippen MR) is 60.8 cm³/mol. The van der Waals surface area contributed by atoms with Crippen LogP contribution >= 0.6 is 0 Å². The average molecular weight is 224 g/mol. The van der Waals surface area contributed by atoms with Gasteiger partial charge in [0.15, 0.2) is 5.82 Å². The molecular formula is C10H20N6. The summed E-state index contributed by atoms with van der Waals surface area (Å²) in [5.41, 5.74) is 0. The van der Waals surface area contributed by atoms with Crippen molar-refractivity contribution in [1.82, 2.24) is 30.4 Å². The summed E-state index contributed by atoms with van der Waals surface area (Å²) >= 11 is 0. The summed E-state index contributed by atoms with van der Waals surface area (Å²) in [6.45, 7) is 6.30. The Morgan fingerprint density at radius 3 is 2.69 bits per heavy atom. The minimum absolute atomic E-state index is 0.691. The quantitative estimate of drug-likeness (QED) is 0.766. The molecule has 0 unspecified atom stereocenters. The first-order valence-electron chi connectivity index (χ1n) is 5.96. The number of tetrazole rings is 1. The maximum Gasteiger partial charge on any atom is 0.188 e. The van der Waals surface area contributed by atoms with Crippen molar-refractivity contribution < 1.29 is 0 Å². The van der Waals surface area contributed by atoms with Crippen LogP contribution in [0.2, 0.25) is 0 Å². The molecule has 0 radical (unpaired) electrons. The molecule has 1 saturated heterocycles. The number of hydrogen-bond acceptors (Lipinski definition) is 5. The largest absolute Gasteiger partial charge is 0.314 e. The van der Waals surface area contributed by atoms with Crippen LogP contribution in [-0.2, 0) is 13.6 Å². The number of piperidine rings is 1. The standard InChI is InChI=1S/C10H20N6/c1-3-11-9-4-6-16(7-5-9)8-10-12-14-15(2)13-10/h9,11H,3-8H2,1-2H3. The van der Waals surface area contributed by atoms with Gasteiger partial charge in [-0.25, -0.2) is 0 Å². The Kier molecular flexibility index (Phi) is 3.84. The Morgan fingerprint density at radius 2 is 2.12 bits per heavy atom. The molecule has 1 aliphatic rings. The summed E-state index contributed by atoms with van der Waals surface area (Å²) in [4.78, 5) is 3.91. The van der Waals surface area contributed by atoms with Crippen LogP contribution in [0.15, 0.2) is 0 Å². The molecule has 0 spiro atoms. The van der Waals surface area contributed by atoms with Crippen molar-refractivity contribution in [2.24, 2.45) is 7.05 Å². The molecular weight excluding hydrogens is 204 g/mol. The van der Waals surface area contributed by atoms with Gasteiger partial charge in [-0.1, -0.05) is 6.92 Å². The van der Waals surface area contributed by atoms with Crippen LogP contribution in [0.25, 0.3) is 0 Å². The van der Waals surface area contributed by atoms with E-state index in [1.807, 2.05) is 0 Å². The Hall–Kier alpha value is -1.01. The Bertz CT molecular complexity index is 315. The molecule has 90 valence electrons. The van der Waals surface area contributed by atoms with Gasteiger partial charge in [-0.05, 0) is 24.6 Å². The molecule has 2 heterocycles. The number of nitrogens with zero attached hydrogens (tertiary/aromatic N) is 5. The lowest BCUT2D eigenvalue weighted by Gasteiger charge is -2.31. The molecule has 0 atom stereocenters. The van der Waals surface area contributed by atoms with Crippen LogP contribution in [-0.4, -0.2) is 50.8 Å². The summed E-state index contributed by atoms with van der Waals surface area (Å²) in [6, 6.07) is 0.691. The fourth-order valence-corrected chi connectivity index (χ4v) is 2.17. The van der Waals surface area contributed by atoms with Gasteiger partial charge in [0.05, 0.1) is 13.6 Å². The monoisotopic (exact) mass is 224 g/mol. The van der Waals surface area contributed by atoms with Crippen LogP contribution < -0.4 is 5.32 Å². The third-order valence-electron chi connectivity index (χ3n) is 3.00. The van der Waals surface area contributed by atoms with E-state index in [0.29, 0.717) is 6.04 Å². The third kappa shape index (κ3) is 2.99. The lowest BCUT2D eigenvalue weighted by molar-refractivity contribution is 0.187. The number of hydrogen-bond donors (Lipinski definition) is 1. The van der Waals surface area contributed by atoms with Crippen molar-refractivity contribution in [1.29, 1.82) is 0 Å². The molecule has 6 heteroatoms. The highest BCUT2D eigenvalue weighted by atomic mass is 15.6. The van der Waals surface area contributed by atoms with Gasteiger partial charge in [0.1, 0.15) is 0 Å². The minimum Gasteiger partial charge on any atom is -0.314 e. The van der Waals surface area contributed by atoms with Crippen molar-refractivity contribution in [3.63, 3.8) is 0 Å². The molecule has 0 bridgehead atoms. The molecule has 6 nitrogen and oxygen atoms in total. The zero-order valence-corrected chi connectivity index (χ0v) is 10.1. The second kappa shape index (κ2) is 5.36. The minimum atomic E-state index is 0.691. The Labute approximate surface area is 96.0 Å². The molecule has 0 aromatic carbocycles. The van der Waals surface area contributed by atoms with Gasteiger partial charge < -0.3 is 5.32 Å². The van der Waals surface area contributed by atoms with E-state index < -0.39 is 0 Å². The van der Waals surface area contributed by atoms with Gasteiger partial charge in [-0.3, -0.25) is 4.90 Å². The van der Waals surface area contributed by atoms with E-state index in [-0.39, 0.29) is 0 Å². The maximum atomic E-state index is 4.20. The smallest absolute Gasteiger partial charge is 0.188 e. The molecule has 16 heavy (non-hydrogen) atoms. The van der Waals surface area contributed by atoms with Crippen molar-refractivity contribution >= 4 is 0 Å². The third-order valence-corrected chi connectivity index (χ3v) is 3.00. The number of nitrogens with one attached hydrogen (secondary N) is 1. The molecule has 1 aliphatic heterocycles. The molecule has 2 rings (SSSR count). The van der Waals surface area contributed by atoms with Gasteiger partial charge in [0.25, 0.3) is 0 Å². The predicted octanol–water partition coefficient (Wildman–Crippen LogP) is -0.216. The second-order valence-corrected chi connectivity index (χ2v) is 4.30. The molecule has 1 N–H and O–H groups in total. The normalized spacial score (nSPS) is 19.1. The van der Waals surface area contributed by atoms with E-state index in [1.54, 1.807) is 7.05 Å². The summed E-state index contributed by atoms with van der Waals surface area (Å²) in [5, 5.41) is 15.5. The van der Waals surface area contributed by atoms with Crippen molar-refractivity contribution in [2.45, 2.75) is 32.4 Å². The Morgan fingerprint density at radius 1 is 1.38 bits per heavy atom. The summed E-state index contributed by atoms with van der Waals surface area (Å²) in [7, 11) is 1.80. The molecule has 0 amide bonds. The average Bonchev–Trinajstić information content (AvgIpc) is 2.67. The molecule has 0 saturated carbocycles. The van der Waals surface area contributed by atoms with Crippen LogP contribution in [0.5, 0.6) is 0 Å². The molecule has 1 aromatic rings. The SMILES string of the molecule is CCNC1CCN(Cc2nnn(C)n2)CC1. The van der Waals surface area contributed by atoms with E-state index in [0.717, 1.165) is 32.0 Å². The molecule has 1 aromatic heterocycles. The summed E-state index contributed by atoms with van der Waals surface area (Å²) in [5.74, 6) is 0.824. The fraction of sp³-hybridized carbons (Fsp3) is 0.900. The maximum absolute atomic E-state index is 4.20. The van der Waals surface area contributed by atoms with E-state index >= 15 is 0 Å². The highest BCUT2D eigenvalue weighted by molar-refractivity contribution is 4.82. The zero-order valence-electron chi connectivity index (χ0n) is 10.1. The van der Waals surface area contributed by atoms with Gasteiger partial charge in [-0.15, -0.1) is 10.2 Å². The van der Waals surface area contributed by atoms with Gasteiger partial charge >= 0.3 is 0 Å². The van der Waals surface area contributed by atoms with E-state index in [2.05, 4.69) is 32.6 Å². The van der Waals surface area contributed by atoms with Crippen molar-refractivity contribution in [2.75, 3.05) is 19.6 Å². The first-order chi connectivity index (χ1) is 7.78.